The number of nitrogens with one attached hydrogen (secondary N) is 1. The van der Waals surface area contributed by atoms with E-state index in [1.54, 1.807) is 7.11 Å². The molecule has 1 aromatic rings. The minimum Gasteiger partial charge on any atom is -0.465 e. The standard InChI is InChI=1S/C18H28N2O3/c1-18(2,3)16(19-17(21)22)9-13-5-7-14(8-6-13)10-20-11-15(12-20)23-4/h5-8,15-16,19H,9-12H2,1-4H3,(H,21,22). The van der Waals surface area contributed by atoms with E-state index in [-0.39, 0.29) is 11.5 Å². The number of amides is 1. The van der Waals surface area contributed by atoms with Crippen molar-refractivity contribution in [3.05, 3.63) is 35.4 Å². The van der Waals surface area contributed by atoms with Gasteiger partial charge in [0, 0.05) is 32.8 Å². The van der Waals surface area contributed by atoms with Gasteiger partial charge in [-0.2, -0.15) is 0 Å². The lowest BCUT2D eigenvalue weighted by Crippen LogP contribution is -2.50. The number of hydrogen-bond acceptors (Lipinski definition) is 3. The zero-order valence-corrected chi connectivity index (χ0v) is 14.5. The Morgan fingerprint density at radius 3 is 2.35 bits per heavy atom. The van der Waals surface area contributed by atoms with Gasteiger partial charge < -0.3 is 15.2 Å². The maximum Gasteiger partial charge on any atom is 0.404 e. The molecule has 0 aliphatic carbocycles. The highest BCUT2D eigenvalue weighted by Gasteiger charge is 2.27. The number of ether oxygens (including phenoxy) is 1. The molecule has 2 rings (SSSR count). The molecule has 1 aromatic carbocycles. The zero-order chi connectivity index (χ0) is 17.0. The van der Waals surface area contributed by atoms with Gasteiger partial charge in [0.1, 0.15) is 0 Å². The van der Waals surface area contributed by atoms with Crippen molar-refractivity contribution in [3.63, 3.8) is 0 Å². The molecule has 1 atom stereocenters. The SMILES string of the molecule is COC1CN(Cc2ccc(CC(NC(=O)O)C(C)(C)C)cc2)C1. The van der Waals surface area contributed by atoms with Gasteiger partial charge in [0.15, 0.2) is 0 Å². The van der Waals surface area contributed by atoms with Crippen molar-refractivity contribution in [1.82, 2.24) is 10.2 Å². The molecule has 2 N–H and O–H groups in total. The molecule has 1 aliphatic heterocycles. The van der Waals surface area contributed by atoms with Crippen molar-refractivity contribution < 1.29 is 14.6 Å². The number of benzene rings is 1. The van der Waals surface area contributed by atoms with Crippen LogP contribution in [0.15, 0.2) is 24.3 Å². The normalized spacial score (nSPS) is 17.6. The van der Waals surface area contributed by atoms with Gasteiger partial charge in [-0.25, -0.2) is 4.79 Å². The molecule has 1 fully saturated rings. The van der Waals surface area contributed by atoms with Crippen LogP contribution in [0.3, 0.4) is 0 Å². The third-order valence-electron chi connectivity index (χ3n) is 4.47. The van der Waals surface area contributed by atoms with Crippen LogP contribution in [0, 0.1) is 5.41 Å². The van der Waals surface area contributed by atoms with Gasteiger partial charge in [0.05, 0.1) is 6.10 Å². The summed E-state index contributed by atoms with van der Waals surface area (Å²) < 4.78 is 5.28. The van der Waals surface area contributed by atoms with Crippen LogP contribution in [-0.2, 0) is 17.7 Å². The van der Waals surface area contributed by atoms with Crippen LogP contribution in [0.2, 0.25) is 0 Å². The van der Waals surface area contributed by atoms with E-state index >= 15 is 0 Å². The van der Waals surface area contributed by atoms with Crippen molar-refractivity contribution in [3.8, 4) is 0 Å². The number of nitrogens with zero attached hydrogens (tertiary/aromatic N) is 1. The summed E-state index contributed by atoms with van der Waals surface area (Å²) in [5, 5.41) is 11.7. The monoisotopic (exact) mass is 320 g/mol. The third-order valence-corrected chi connectivity index (χ3v) is 4.47. The molecule has 0 saturated carbocycles. The lowest BCUT2D eigenvalue weighted by molar-refractivity contribution is -0.0334. The quantitative estimate of drug-likeness (QED) is 0.846. The Bertz CT molecular complexity index is 516. The van der Waals surface area contributed by atoms with E-state index in [4.69, 9.17) is 9.84 Å². The van der Waals surface area contributed by atoms with E-state index in [0.29, 0.717) is 12.5 Å². The Morgan fingerprint density at radius 2 is 1.87 bits per heavy atom. The number of carbonyl (C=O) groups is 1. The summed E-state index contributed by atoms with van der Waals surface area (Å²) in [4.78, 5) is 13.3. The fraction of sp³-hybridized carbons (Fsp3) is 0.611. The van der Waals surface area contributed by atoms with Gasteiger partial charge in [0.25, 0.3) is 0 Å². The molecular weight excluding hydrogens is 292 g/mol. The molecule has 5 heteroatoms. The second kappa shape index (κ2) is 7.32. The number of carboxylic acid groups (broad SMARTS) is 1. The molecule has 0 spiro atoms. The summed E-state index contributed by atoms with van der Waals surface area (Å²) in [7, 11) is 1.76. The molecule has 128 valence electrons. The van der Waals surface area contributed by atoms with E-state index in [1.807, 2.05) is 0 Å². The van der Waals surface area contributed by atoms with Crippen molar-refractivity contribution in [2.45, 2.75) is 45.9 Å². The van der Waals surface area contributed by atoms with Crippen LogP contribution < -0.4 is 5.32 Å². The lowest BCUT2D eigenvalue weighted by atomic mass is 9.83. The fourth-order valence-corrected chi connectivity index (χ4v) is 2.80. The van der Waals surface area contributed by atoms with Crippen molar-refractivity contribution >= 4 is 6.09 Å². The van der Waals surface area contributed by atoms with Crippen LogP contribution in [-0.4, -0.2) is 48.4 Å². The molecule has 23 heavy (non-hydrogen) atoms. The molecule has 0 aromatic heterocycles. The van der Waals surface area contributed by atoms with Gasteiger partial charge in [-0.05, 0) is 23.0 Å². The molecule has 1 heterocycles. The van der Waals surface area contributed by atoms with E-state index in [0.717, 1.165) is 25.2 Å². The Kier molecular flexibility index (Phi) is 5.65. The summed E-state index contributed by atoms with van der Waals surface area (Å²) in [6, 6.07) is 8.37. The molecule has 0 bridgehead atoms. The Morgan fingerprint density at radius 1 is 1.30 bits per heavy atom. The number of hydrogen-bond donors (Lipinski definition) is 2. The first-order chi connectivity index (χ1) is 10.8. The van der Waals surface area contributed by atoms with E-state index < -0.39 is 6.09 Å². The van der Waals surface area contributed by atoms with E-state index in [1.165, 1.54) is 5.56 Å². The van der Waals surface area contributed by atoms with Gasteiger partial charge >= 0.3 is 6.09 Å². The first-order valence-electron chi connectivity index (χ1n) is 8.10. The average Bonchev–Trinajstić information content (AvgIpc) is 2.42. The topological polar surface area (TPSA) is 61.8 Å². The second-order valence-corrected chi connectivity index (χ2v) is 7.44. The molecular formula is C18H28N2O3. The maximum absolute atomic E-state index is 11.0. The predicted molar refractivity (Wildman–Crippen MR) is 90.6 cm³/mol. The molecule has 1 amide bonds. The first-order valence-corrected chi connectivity index (χ1v) is 8.10. The predicted octanol–water partition coefficient (Wildman–Crippen LogP) is 2.74. The highest BCUT2D eigenvalue weighted by molar-refractivity contribution is 5.65. The second-order valence-electron chi connectivity index (χ2n) is 7.44. The van der Waals surface area contributed by atoms with Crippen molar-refractivity contribution in [2.24, 2.45) is 5.41 Å². The Hall–Kier alpha value is -1.59. The lowest BCUT2D eigenvalue weighted by Gasteiger charge is -2.38. The van der Waals surface area contributed by atoms with Crippen LogP contribution in [0.25, 0.3) is 0 Å². The first kappa shape index (κ1) is 17.8. The largest absolute Gasteiger partial charge is 0.465 e. The zero-order valence-electron chi connectivity index (χ0n) is 14.5. The summed E-state index contributed by atoms with van der Waals surface area (Å²) in [6.45, 7) is 9.09. The summed E-state index contributed by atoms with van der Waals surface area (Å²) >= 11 is 0. The smallest absolute Gasteiger partial charge is 0.404 e. The summed E-state index contributed by atoms with van der Waals surface area (Å²) in [5.41, 5.74) is 2.31. The Labute approximate surface area is 138 Å². The highest BCUT2D eigenvalue weighted by Crippen LogP contribution is 2.23. The molecule has 0 radical (unpaired) electrons. The maximum atomic E-state index is 11.0. The molecule has 1 saturated heterocycles. The average molecular weight is 320 g/mol. The third kappa shape index (κ3) is 5.22. The van der Waals surface area contributed by atoms with Gasteiger partial charge in [-0.15, -0.1) is 0 Å². The van der Waals surface area contributed by atoms with Crippen molar-refractivity contribution in [1.29, 1.82) is 0 Å². The minimum atomic E-state index is -0.966. The number of likely N-dealkylation sites (tertiary alicyclic amines) is 1. The highest BCUT2D eigenvalue weighted by atomic mass is 16.5. The van der Waals surface area contributed by atoms with Crippen LogP contribution in [0.1, 0.15) is 31.9 Å². The summed E-state index contributed by atoms with van der Waals surface area (Å²) in [5.74, 6) is 0. The van der Waals surface area contributed by atoms with Gasteiger partial charge in [0.2, 0.25) is 0 Å². The van der Waals surface area contributed by atoms with E-state index in [2.05, 4.69) is 55.3 Å². The van der Waals surface area contributed by atoms with Crippen LogP contribution in [0.5, 0.6) is 0 Å². The van der Waals surface area contributed by atoms with Gasteiger partial charge in [-0.3, -0.25) is 4.90 Å². The van der Waals surface area contributed by atoms with E-state index in [9.17, 15) is 4.79 Å². The van der Waals surface area contributed by atoms with Crippen LogP contribution in [0.4, 0.5) is 4.79 Å². The number of methoxy groups -OCH3 is 1. The fourth-order valence-electron chi connectivity index (χ4n) is 2.80. The van der Waals surface area contributed by atoms with Gasteiger partial charge in [-0.1, -0.05) is 45.0 Å². The van der Waals surface area contributed by atoms with Crippen LogP contribution >= 0.6 is 0 Å². The summed E-state index contributed by atoms with van der Waals surface area (Å²) in [6.07, 6.45) is 0.113. The molecule has 5 nitrogen and oxygen atoms in total. The molecule has 1 unspecified atom stereocenters. The number of rotatable bonds is 6. The molecule has 1 aliphatic rings. The Balaban J connectivity index is 1.92. The van der Waals surface area contributed by atoms with Crippen molar-refractivity contribution in [2.75, 3.05) is 20.2 Å². The minimum absolute atomic E-state index is 0.108.